The van der Waals surface area contributed by atoms with E-state index in [0.717, 1.165) is 0 Å². The molecule has 1 aromatic rings. The van der Waals surface area contributed by atoms with Gasteiger partial charge >= 0.3 is 6.61 Å². The van der Waals surface area contributed by atoms with Gasteiger partial charge in [-0.2, -0.15) is 8.78 Å². The van der Waals surface area contributed by atoms with Crippen molar-refractivity contribution in [1.82, 2.24) is 5.32 Å². The lowest BCUT2D eigenvalue weighted by molar-refractivity contribution is -0.0498. The van der Waals surface area contributed by atoms with E-state index in [0.29, 0.717) is 0 Å². The molecule has 0 spiro atoms. The summed E-state index contributed by atoms with van der Waals surface area (Å²) in [7, 11) is 0. The van der Waals surface area contributed by atoms with Crippen LogP contribution in [0.15, 0.2) is 24.3 Å². The molecule has 0 radical (unpaired) electrons. The highest BCUT2D eigenvalue weighted by Crippen LogP contribution is 2.14. The largest absolute Gasteiger partial charge is 0.435 e. The number of rotatable bonds is 6. The normalized spacial score (nSPS) is 12.3. The molecule has 0 fully saturated rings. The highest BCUT2D eigenvalue weighted by atomic mass is 19.3. The lowest BCUT2D eigenvalue weighted by atomic mass is 10.2. The molecule has 1 aromatic carbocycles. The fourth-order valence-electron chi connectivity index (χ4n) is 1.16. The molecule has 1 rings (SSSR count). The predicted molar refractivity (Wildman–Crippen MR) is 58.5 cm³/mol. The number of amides is 1. The van der Waals surface area contributed by atoms with Gasteiger partial charge in [0.25, 0.3) is 5.91 Å². The van der Waals surface area contributed by atoms with Crippen LogP contribution in [-0.4, -0.2) is 42.0 Å². The summed E-state index contributed by atoms with van der Waals surface area (Å²) in [4.78, 5) is 11.5. The Bertz CT molecular complexity index is 383. The van der Waals surface area contributed by atoms with Gasteiger partial charge in [-0.3, -0.25) is 4.79 Å². The van der Waals surface area contributed by atoms with Crippen molar-refractivity contribution in [3.63, 3.8) is 0 Å². The second kappa shape index (κ2) is 6.87. The Morgan fingerprint density at radius 1 is 1.33 bits per heavy atom. The topological polar surface area (TPSA) is 78.8 Å². The number of alkyl halides is 2. The second-order valence-corrected chi connectivity index (χ2v) is 3.45. The third-order valence-corrected chi connectivity index (χ3v) is 2.05. The Kier molecular flexibility index (Phi) is 5.47. The van der Waals surface area contributed by atoms with Crippen LogP contribution in [0, 0.1) is 0 Å². The molecule has 3 N–H and O–H groups in total. The summed E-state index contributed by atoms with van der Waals surface area (Å²) in [6.07, 6.45) is -1.03. The molecule has 0 bridgehead atoms. The van der Waals surface area contributed by atoms with Crippen LogP contribution >= 0.6 is 0 Å². The van der Waals surface area contributed by atoms with E-state index < -0.39 is 25.2 Å². The fraction of sp³-hybridized carbons (Fsp3) is 0.364. The molecule has 0 saturated carbocycles. The van der Waals surface area contributed by atoms with Crippen LogP contribution in [0.2, 0.25) is 0 Å². The number of halogens is 2. The Labute approximate surface area is 102 Å². The van der Waals surface area contributed by atoms with Gasteiger partial charge in [-0.15, -0.1) is 0 Å². The molecule has 18 heavy (non-hydrogen) atoms. The molecular formula is C11H13F2NO4. The third kappa shape index (κ3) is 4.64. The van der Waals surface area contributed by atoms with Gasteiger partial charge < -0.3 is 20.3 Å². The molecule has 1 unspecified atom stereocenters. The molecule has 0 saturated heterocycles. The summed E-state index contributed by atoms with van der Waals surface area (Å²) >= 11 is 0. The zero-order valence-corrected chi connectivity index (χ0v) is 9.35. The highest BCUT2D eigenvalue weighted by molar-refractivity contribution is 5.94. The van der Waals surface area contributed by atoms with Crippen molar-refractivity contribution in [2.24, 2.45) is 0 Å². The quantitative estimate of drug-likeness (QED) is 0.691. The number of carbonyl (C=O) groups excluding carboxylic acids is 1. The maximum absolute atomic E-state index is 11.9. The van der Waals surface area contributed by atoms with E-state index in [1.165, 1.54) is 24.3 Å². The van der Waals surface area contributed by atoms with E-state index >= 15 is 0 Å². The number of nitrogens with one attached hydrogen (secondary N) is 1. The lowest BCUT2D eigenvalue weighted by Crippen LogP contribution is -2.33. The van der Waals surface area contributed by atoms with Crippen LogP contribution in [-0.2, 0) is 0 Å². The number of ether oxygens (including phenoxy) is 1. The maximum Gasteiger partial charge on any atom is 0.387 e. The van der Waals surface area contributed by atoms with E-state index in [2.05, 4.69) is 10.1 Å². The average molecular weight is 261 g/mol. The van der Waals surface area contributed by atoms with Gasteiger partial charge in [0, 0.05) is 12.1 Å². The van der Waals surface area contributed by atoms with Crippen LogP contribution in [0.5, 0.6) is 5.75 Å². The van der Waals surface area contributed by atoms with E-state index in [1.807, 2.05) is 0 Å². The minimum absolute atomic E-state index is 0.0445. The number of hydrogen-bond donors (Lipinski definition) is 3. The molecule has 1 atom stereocenters. The molecule has 0 heterocycles. The second-order valence-electron chi connectivity index (χ2n) is 3.45. The first-order valence-corrected chi connectivity index (χ1v) is 5.15. The first-order valence-electron chi connectivity index (χ1n) is 5.15. The molecule has 0 aromatic heterocycles. The van der Waals surface area contributed by atoms with Gasteiger partial charge in [-0.1, -0.05) is 0 Å². The molecule has 7 heteroatoms. The van der Waals surface area contributed by atoms with Crippen molar-refractivity contribution in [2.75, 3.05) is 13.2 Å². The Hall–Kier alpha value is -1.73. The van der Waals surface area contributed by atoms with Gasteiger partial charge in [0.1, 0.15) is 5.75 Å². The Morgan fingerprint density at radius 2 is 1.94 bits per heavy atom. The molecule has 0 aliphatic carbocycles. The lowest BCUT2D eigenvalue weighted by Gasteiger charge is -2.09. The molecule has 0 aliphatic rings. The minimum Gasteiger partial charge on any atom is -0.435 e. The van der Waals surface area contributed by atoms with Crippen molar-refractivity contribution in [3.8, 4) is 5.75 Å². The van der Waals surface area contributed by atoms with Crippen LogP contribution in [0.1, 0.15) is 10.4 Å². The number of aliphatic hydroxyl groups excluding tert-OH is 2. The van der Waals surface area contributed by atoms with Crippen LogP contribution < -0.4 is 10.1 Å². The average Bonchev–Trinajstić information content (AvgIpc) is 2.35. The first kappa shape index (κ1) is 14.3. The maximum atomic E-state index is 11.9. The Morgan fingerprint density at radius 3 is 2.44 bits per heavy atom. The number of carbonyl (C=O) groups is 1. The Balaban J connectivity index is 2.53. The smallest absolute Gasteiger partial charge is 0.387 e. The molecule has 0 aliphatic heterocycles. The van der Waals surface area contributed by atoms with Crippen molar-refractivity contribution in [3.05, 3.63) is 29.8 Å². The van der Waals surface area contributed by atoms with Crippen molar-refractivity contribution >= 4 is 5.91 Å². The number of benzene rings is 1. The summed E-state index contributed by atoms with van der Waals surface area (Å²) < 4.78 is 27.9. The number of aliphatic hydroxyl groups is 2. The van der Waals surface area contributed by atoms with Gasteiger partial charge in [0.05, 0.1) is 12.7 Å². The minimum atomic E-state index is -2.91. The molecule has 1 amide bonds. The van der Waals surface area contributed by atoms with Crippen LogP contribution in [0.25, 0.3) is 0 Å². The van der Waals surface area contributed by atoms with Gasteiger partial charge in [-0.25, -0.2) is 0 Å². The monoisotopic (exact) mass is 261 g/mol. The zero-order valence-electron chi connectivity index (χ0n) is 9.35. The third-order valence-electron chi connectivity index (χ3n) is 2.05. The van der Waals surface area contributed by atoms with Gasteiger partial charge in [0.15, 0.2) is 0 Å². The van der Waals surface area contributed by atoms with Crippen molar-refractivity contribution in [2.45, 2.75) is 12.7 Å². The van der Waals surface area contributed by atoms with Gasteiger partial charge in [0.2, 0.25) is 0 Å². The first-order chi connectivity index (χ1) is 8.52. The molecule has 5 nitrogen and oxygen atoms in total. The van der Waals surface area contributed by atoms with Crippen molar-refractivity contribution < 1.29 is 28.5 Å². The fourth-order valence-corrected chi connectivity index (χ4v) is 1.16. The standard InChI is InChI=1S/C11H13F2NO4/c12-11(13)18-9-3-1-7(2-4-9)10(17)14-5-8(16)6-15/h1-4,8,11,15-16H,5-6H2,(H,14,17). The number of hydrogen-bond acceptors (Lipinski definition) is 4. The van der Waals surface area contributed by atoms with Crippen molar-refractivity contribution in [1.29, 1.82) is 0 Å². The molecular weight excluding hydrogens is 248 g/mol. The summed E-state index contributed by atoms with van der Waals surface area (Å²) in [6, 6.07) is 5.11. The summed E-state index contributed by atoms with van der Waals surface area (Å²) in [5.41, 5.74) is 0.238. The van der Waals surface area contributed by atoms with Crippen LogP contribution in [0.3, 0.4) is 0 Å². The van der Waals surface area contributed by atoms with E-state index in [9.17, 15) is 13.6 Å². The van der Waals surface area contributed by atoms with E-state index in [1.54, 1.807) is 0 Å². The SMILES string of the molecule is O=C(NCC(O)CO)c1ccc(OC(F)F)cc1. The molecule has 100 valence electrons. The van der Waals surface area contributed by atoms with Crippen LogP contribution in [0.4, 0.5) is 8.78 Å². The van der Waals surface area contributed by atoms with E-state index in [4.69, 9.17) is 10.2 Å². The predicted octanol–water partition coefficient (Wildman–Crippen LogP) is 0.371. The zero-order chi connectivity index (χ0) is 13.5. The highest BCUT2D eigenvalue weighted by Gasteiger charge is 2.09. The van der Waals surface area contributed by atoms with E-state index in [-0.39, 0.29) is 17.9 Å². The van der Waals surface area contributed by atoms with Gasteiger partial charge in [-0.05, 0) is 24.3 Å². The summed E-state index contributed by atoms with van der Waals surface area (Å²) in [5, 5.41) is 20.0. The summed E-state index contributed by atoms with van der Waals surface area (Å²) in [5.74, 6) is -0.525. The summed E-state index contributed by atoms with van der Waals surface area (Å²) in [6.45, 7) is -3.46.